The van der Waals surface area contributed by atoms with Gasteiger partial charge in [0.1, 0.15) is 6.04 Å². The van der Waals surface area contributed by atoms with Gasteiger partial charge in [-0.2, -0.15) is 0 Å². The van der Waals surface area contributed by atoms with Crippen LogP contribution in [-0.2, 0) is 16.0 Å². The van der Waals surface area contributed by atoms with Crippen molar-refractivity contribution < 1.29 is 9.59 Å². The lowest BCUT2D eigenvalue weighted by molar-refractivity contribution is -0.128. The van der Waals surface area contributed by atoms with Crippen LogP contribution in [0.15, 0.2) is 79.1 Å². The molecule has 1 aromatic heterocycles. The Morgan fingerprint density at radius 1 is 0.900 bits per heavy atom. The third kappa shape index (κ3) is 6.01. The summed E-state index contributed by atoms with van der Waals surface area (Å²) in [6.07, 6.45) is 4.67. The van der Waals surface area contributed by atoms with E-state index >= 15 is 0 Å². The number of pyridine rings is 1. The molecule has 2 atom stereocenters. The lowest BCUT2D eigenvalue weighted by Gasteiger charge is -2.24. The number of rotatable bonds is 8. The molecule has 0 bridgehead atoms. The highest BCUT2D eigenvalue weighted by atomic mass is 16.2. The summed E-state index contributed by atoms with van der Waals surface area (Å²) in [7, 11) is 0. The van der Waals surface area contributed by atoms with Crippen LogP contribution < -0.4 is 10.6 Å². The maximum Gasteiger partial charge on any atom is 0.243 e. The SMILES string of the molecule is CC(=O)NC(CCc1ccccc1)C(=O)NC(c1ccc(C)cc1)c1cccnc1. The van der Waals surface area contributed by atoms with Crippen molar-refractivity contribution in [3.8, 4) is 0 Å². The molecule has 0 saturated heterocycles. The van der Waals surface area contributed by atoms with E-state index in [4.69, 9.17) is 0 Å². The Morgan fingerprint density at radius 2 is 1.63 bits per heavy atom. The smallest absolute Gasteiger partial charge is 0.243 e. The van der Waals surface area contributed by atoms with Crippen LogP contribution in [-0.4, -0.2) is 22.8 Å². The second kappa shape index (κ2) is 10.3. The number of hydrogen-bond acceptors (Lipinski definition) is 3. The molecule has 3 rings (SSSR count). The summed E-state index contributed by atoms with van der Waals surface area (Å²) < 4.78 is 0. The summed E-state index contributed by atoms with van der Waals surface area (Å²) in [4.78, 5) is 29.1. The maximum absolute atomic E-state index is 13.2. The molecule has 2 amide bonds. The highest BCUT2D eigenvalue weighted by Gasteiger charge is 2.24. The number of carbonyl (C=O) groups excluding carboxylic acids is 2. The van der Waals surface area contributed by atoms with Crippen molar-refractivity contribution in [3.63, 3.8) is 0 Å². The fraction of sp³-hybridized carbons (Fsp3) is 0.240. The first kappa shape index (κ1) is 21.2. The third-order valence-corrected chi connectivity index (χ3v) is 4.97. The van der Waals surface area contributed by atoms with Gasteiger partial charge < -0.3 is 10.6 Å². The van der Waals surface area contributed by atoms with Crippen molar-refractivity contribution in [1.29, 1.82) is 0 Å². The van der Waals surface area contributed by atoms with Gasteiger partial charge >= 0.3 is 0 Å². The Morgan fingerprint density at radius 3 is 2.27 bits per heavy atom. The summed E-state index contributed by atoms with van der Waals surface area (Å²) >= 11 is 0. The largest absolute Gasteiger partial charge is 0.345 e. The van der Waals surface area contributed by atoms with Gasteiger partial charge in [-0.25, -0.2) is 0 Å². The van der Waals surface area contributed by atoms with E-state index < -0.39 is 6.04 Å². The van der Waals surface area contributed by atoms with E-state index in [1.807, 2.05) is 73.7 Å². The molecule has 30 heavy (non-hydrogen) atoms. The van der Waals surface area contributed by atoms with E-state index in [1.54, 1.807) is 12.4 Å². The lowest BCUT2D eigenvalue weighted by Crippen LogP contribution is -2.47. The molecule has 2 unspecified atom stereocenters. The molecule has 0 aliphatic heterocycles. The van der Waals surface area contributed by atoms with Gasteiger partial charge in [0.2, 0.25) is 11.8 Å². The number of hydrogen-bond donors (Lipinski definition) is 2. The average molecular weight is 402 g/mol. The van der Waals surface area contributed by atoms with Gasteiger partial charge in [0.15, 0.2) is 0 Å². The minimum absolute atomic E-state index is 0.212. The summed E-state index contributed by atoms with van der Waals surface area (Å²) in [5, 5.41) is 5.92. The predicted octanol–water partition coefficient (Wildman–Crippen LogP) is 3.73. The van der Waals surface area contributed by atoms with Crippen LogP contribution >= 0.6 is 0 Å². The van der Waals surface area contributed by atoms with E-state index in [9.17, 15) is 9.59 Å². The van der Waals surface area contributed by atoms with E-state index in [2.05, 4.69) is 15.6 Å². The first-order chi connectivity index (χ1) is 14.5. The minimum atomic E-state index is -0.618. The highest BCUT2D eigenvalue weighted by Crippen LogP contribution is 2.22. The third-order valence-electron chi connectivity index (χ3n) is 4.97. The summed E-state index contributed by atoms with van der Waals surface area (Å²) in [5.74, 6) is -0.438. The first-order valence-corrected chi connectivity index (χ1v) is 10.1. The van der Waals surface area contributed by atoms with Gasteiger partial charge in [-0.3, -0.25) is 14.6 Å². The van der Waals surface area contributed by atoms with E-state index in [1.165, 1.54) is 6.92 Å². The van der Waals surface area contributed by atoms with Gasteiger partial charge in [0.05, 0.1) is 6.04 Å². The predicted molar refractivity (Wildman–Crippen MR) is 118 cm³/mol. The zero-order valence-electron chi connectivity index (χ0n) is 17.3. The van der Waals surface area contributed by atoms with E-state index in [0.717, 1.165) is 22.3 Å². The summed E-state index contributed by atoms with van der Waals surface area (Å²) in [6.45, 7) is 3.46. The number of benzene rings is 2. The fourth-order valence-electron chi connectivity index (χ4n) is 3.38. The van der Waals surface area contributed by atoms with Gasteiger partial charge in [-0.05, 0) is 42.5 Å². The van der Waals surface area contributed by atoms with Crippen molar-refractivity contribution in [3.05, 3.63) is 101 Å². The summed E-state index contributed by atoms with van der Waals surface area (Å²) in [5.41, 5.74) is 4.13. The van der Waals surface area contributed by atoms with Crippen LogP contribution in [0.25, 0.3) is 0 Å². The Balaban J connectivity index is 1.80. The summed E-state index contributed by atoms with van der Waals surface area (Å²) in [6, 6.07) is 20.8. The molecular weight excluding hydrogens is 374 g/mol. The van der Waals surface area contributed by atoms with Crippen LogP contribution in [0, 0.1) is 6.92 Å². The van der Waals surface area contributed by atoms with E-state index in [-0.39, 0.29) is 17.9 Å². The minimum Gasteiger partial charge on any atom is -0.345 e. The topological polar surface area (TPSA) is 71.1 Å². The molecule has 5 heteroatoms. The number of aryl methyl sites for hydroxylation is 2. The molecule has 154 valence electrons. The Labute approximate surface area is 177 Å². The van der Waals surface area contributed by atoms with Crippen LogP contribution in [0.5, 0.6) is 0 Å². The highest BCUT2D eigenvalue weighted by molar-refractivity contribution is 5.87. The molecule has 0 spiro atoms. The standard InChI is InChI=1S/C25H27N3O2/c1-18-10-13-21(14-11-18)24(22-9-6-16-26-17-22)28-25(30)23(27-19(2)29)15-12-20-7-4-3-5-8-20/h3-11,13-14,16-17,23-24H,12,15H2,1-2H3,(H,27,29)(H,28,30). The van der Waals surface area contributed by atoms with Crippen LogP contribution in [0.2, 0.25) is 0 Å². The zero-order chi connectivity index (χ0) is 21.3. The number of aromatic nitrogens is 1. The van der Waals surface area contributed by atoms with Crippen LogP contribution in [0.3, 0.4) is 0 Å². The Kier molecular flexibility index (Phi) is 7.33. The quantitative estimate of drug-likeness (QED) is 0.604. The molecule has 5 nitrogen and oxygen atoms in total. The van der Waals surface area contributed by atoms with Crippen LogP contribution in [0.1, 0.15) is 41.6 Å². The number of carbonyl (C=O) groups is 2. The molecule has 0 aliphatic rings. The van der Waals surface area contributed by atoms with Crippen LogP contribution in [0.4, 0.5) is 0 Å². The zero-order valence-corrected chi connectivity index (χ0v) is 17.3. The first-order valence-electron chi connectivity index (χ1n) is 10.1. The molecule has 0 fully saturated rings. The maximum atomic E-state index is 13.2. The molecule has 0 saturated carbocycles. The van der Waals surface area contributed by atoms with Crippen molar-refractivity contribution in [2.75, 3.05) is 0 Å². The van der Waals surface area contributed by atoms with Crippen molar-refractivity contribution in [2.45, 2.75) is 38.8 Å². The lowest BCUT2D eigenvalue weighted by atomic mass is 9.98. The Bertz CT molecular complexity index is 957. The van der Waals surface area contributed by atoms with Gasteiger partial charge in [-0.1, -0.05) is 66.2 Å². The van der Waals surface area contributed by atoms with Gasteiger partial charge in [0, 0.05) is 19.3 Å². The monoisotopic (exact) mass is 401 g/mol. The molecule has 2 aromatic carbocycles. The molecule has 3 aromatic rings. The van der Waals surface area contributed by atoms with Gasteiger partial charge in [-0.15, -0.1) is 0 Å². The fourth-order valence-corrected chi connectivity index (χ4v) is 3.38. The molecule has 0 radical (unpaired) electrons. The van der Waals surface area contributed by atoms with Gasteiger partial charge in [0.25, 0.3) is 0 Å². The normalized spacial score (nSPS) is 12.6. The van der Waals surface area contributed by atoms with E-state index in [0.29, 0.717) is 12.8 Å². The van der Waals surface area contributed by atoms with Crippen molar-refractivity contribution >= 4 is 11.8 Å². The van der Waals surface area contributed by atoms with Crippen molar-refractivity contribution in [2.24, 2.45) is 0 Å². The second-order valence-corrected chi connectivity index (χ2v) is 7.42. The average Bonchev–Trinajstić information content (AvgIpc) is 2.76. The number of nitrogens with one attached hydrogen (secondary N) is 2. The molecule has 1 heterocycles. The molecule has 0 aliphatic carbocycles. The molecule has 2 N–H and O–H groups in total. The number of amides is 2. The Hall–Kier alpha value is -3.47. The molecular formula is C25H27N3O2. The van der Waals surface area contributed by atoms with Crippen molar-refractivity contribution in [1.82, 2.24) is 15.6 Å². The second-order valence-electron chi connectivity index (χ2n) is 7.42. The number of nitrogens with zero attached hydrogens (tertiary/aromatic N) is 1.